The highest BCUT2D eigenvalue weighted by Crippen LogP contribution is 2.60. The van der Waals surface area contributed by atoms with Crippen LogP contribution in [0.1, 0.15) is 37.8 Å². The summed E-state index contributed by atoms with van der Waals surface area (Å²) in [5, 5.41) is 9.74. The Kier molecular flexibility index (Phi) is 7.26. The van der Waals surface area contributed by atoms with Gasteiger partial charge in [-0.15, -0.1) is 0 Å². The molecule has 0 radical (unpaired) electrons. The average molecular weight is 571 g/mol. The number of ether oxygens (including phenoxy) is 3. The molecule has 0 saturated carbocycles. The first-order valence-electron chi connectivity index (χ1n) is 13.5. The van der Waals surface area contributed by atoms with Crippen LogP contribution in [0.2, 0.25) is 18.6 Å². The van der Waals surface area contributed by atoms with Gasteiger partial charge in [0.05, 0.1) is 31.9 Å². The van der Waals surface area contributed by atoms with Crippen LogP contribution >= 0.6 is 0 Å². The molecule has 1 N–H and O–H groups in total. The Morgan fingerprint density at radius 2 is 1.98 bits per heavy atom. The zero-order valence-electron chi connectivity index (χ0n) is 23.3. The lowest BCUT2D eigenvalue weighted by molar-refractivity contribution is -0.154. The number of aliphatic hydroxyl groups is 1. The van der Waals surface area contributed by atoms with Gasteiger partial charge in [0.15, 0.2) is 11.8 Å². The summed E-state index contributed by atoms with van der Waals surface area (Å²) in [6, 6.07) is 12.5. The van der Waals surface area contributed by atoms with Crippen LogP contribution in [0, 0.1) is 5.92 Å². The molecule has 11 heteroatoms. The van der Waals surface area contributed by atoms with Crippen LogP contribution < -0.4 is 14.5 Å². The van der Waals surface area contributed by atoms with E-state index in [9.17, 15) is 19.5 Å². The van der Waals surface area contributed by atoms with Gasteiger partial charge in [-0.1, -0.05) is 19.1 Å². The summed E-state index contributed by atoms with van der Waals surface area (Å²) < 4.78 is 33.0. The highest BCUT2D eigenvalue weighted by atomic mass is 28.4. The fraction of sp³-hybridized carbons (Fsp3) is 0.483. The Bertz CT molecular complexity index is 1350. The van der Waals surface area contributed by atoms with Crippen molar-refractivity contribution < 1.29 is 37.8 Å². The molecule has 0 bridgehead atoms. The summed E-state index contributed by atoms with van der Waals surface area (Å²) >= 11 is 0. The van der Waals surface area contributed by atoms with Gasteiger partial charge >= 0.3 is 5.97 Å². The molecular weight excluding hydrogens is 535 g/mol. The smallest absolute Gasteiger partial charge is 0.304 e. The standard InChI is InChI=1S/C29H35FN2O7Si/c1-17-27(40(4,5)30)24(11-12-33)39-29(17)22-14-21(37-3)9-10-23(22)31(28(29)36)16-19-7-6-8-20(13-19)32-25(35)15-26(32)38-18(2)34/h6-10,13-14,17,24,26-27,33H,11-12,15-16H2,1-5H3/t17-,24+,26?,27-,29+/m1/s1. The Balaban J connectivity index is 1.52. The second-order valence-electron chi connectivity index (χ2n) is 11.3. The number of rotatable bonds is 8. The number of amides is 2. The molecule has 1 unspecified atom stereocenters. The largest absolute Gasteiger partial charge is 0.497 e. The first-order valence-corrected chi connectivity index (χ1v) is 16.4. The van der Waals surface area contributed by atoms with Gasteiger partial charge in [0.2, 0.25) is 14.3 Å². The number of β-lactam (4-membered cyclic amide) rings is 1. The van der Waals surface area contributed by atoms with Crippen LogP contribution in [0.25, 0.3) is 0 Å². The van der Waals surface area contributed by atoms with E-state index in [0.717, 1.165) is 5.56 Å². The number of nitrogens with zero attached hydrogens (tertiary/aromatic N) is 2. The Labute approximate surface area is 234 Å². The number of anilines is 2. The molecule has 0 aromatic heterocycles. The van der Waals surface area contributed by atoms with Gasteiger partial charge in [0, 0.05) is 36.2 Å². The van der Waals surface area contributed by atoms with Crippen LogP contribution in [0.5, 0.6) is 5.75 Å². The summed E-state index contributed by atoms with van der Waals surface area (Å²) in [7, 11) is -1.76. The second-order valence-corrected chi connectivity index (χ2v) is 15.1. The van der Waals surface area contributed by atoms with Crippen molar-refractivity contribution in [3.05, 3.63) is 53.6 Å². The Hall–Kier alpha value is -3.28. The van der Waals surface area contributed by atoms with Crippen molar-refractivity contribution in [2.45, 2.75) is 69.8 Å². The van der Waals surface area contributed by atoms with Crippen LogP contribution in [0.4, 0.5) is 15.5 Å². The number of carbonyl (C=O) groups excluding carboxylic acids is 3. The van der Waals surface area contributed by atoms with Crippen molar-refractivity contribution in [3.8, 4) is 5.75 Å². The maximum atomic E-state index is 15.7. The molecule has 9 nitrogen and oxygen atoms in total. The molecular formula is C29H35FN2O7Si. The number of benzene rings is 2. The van der Waals surface area contributed by atoms with Crippen molar-refractivity contribution >= 4 is 37.6 Å². The van der Waals surface area contributed by atoms with Crippen molar-refractivity contribution in [3.63, 3.8) is 0 Å². The monoisotopic (exact) mass is 570 g/mol. The van der Waals surface area contributed by atoms with E-state index in [1.165, 1.54) is 11.8 Å². The van der Waals surface area contributed by atoms with Gasteiger partial charge in [-0.3, -0.25) is 19.3 Å². The third-order valence-corrected chi connectivity index (χ3v) is 10.8. The molecule has 2 aromatic rings. The number of hydrogen-bond acceptors (Lipinski definition) is 7. The van der Waals surface area contributed by atoms with E-state index in [-0.39, 0.29) is 37.8 Å². The molecule has 3 aliphatic rings. The summed E-state index contributed by atoms with van der Waals surface area (Å²) in [6.45, 7) is 6.41. The van der Waals surface area contributed by atoms with Gasteiger partial charge in [-0.05, 0) is 55.4 Å². The average Bonchev–Trinajstić information content (AvgIpc) is 3.30. The zero-order valence-corrected chi connectivity index (χ0v) is 24.3. The number of esters is 1. The van der Waals surface area contributed by atoms with Crippen LogP contribution in [0.15, 0.2) is 42.5 Å². The molecule has 3 heterocycles. The molecule has 5 rings (SSSR count). The maximum Gasteiger partial charge on any atom is 0.304 e. The van der Waals surface area contributed by atoms with E-state index >= 15 is 4.11 Å². The van der Waals surface area contributed by atoms with Gasteiger partial charge in [0.1, 0.15) is 5.75 Å². The Morgan fingerprint density at radius 3 is 2.60 bits per heavy atom. The quantitative estimate of drug-likeness (QED) is 0.221. The van der Waals surface area contributed by atoms with E-state index in [4.69, 9.17) is 14.2 Å². The van der Waals surface area contributed by atoms with E-state index in [1.54, 1.807) is 55.4 Å². The van der Waals surface area contributed by atoms with Crippen LogP contribution in [0.3, 0.4) is 0 Å². The third kappa shape index (κ3) is 4.49. The number of carbonyl (C=O) groups is 3. The second kappa shape index (κ2) is 10.3. The summed E-state index contributed by atoms with van der Waals surface area (Å²) in [4.78, 5) is 41.3. The normalized spacial score (nSPS) is 27.7. The summed E-state index contributed by atoms with van der Waals surface area (Å²) in [5.74, 6) is -0.855. The predicted octanol–water partition coefficient (Wildman–Crippen LogP) is 4.03. The lowest BCUT2D eigenvalue weighted by Crippen LogP contribution is -2.54. The first-order chi connectivity index (χ1) is 18.9. The maximum absolute atomic E-state index is 15.7. The molecule has 214 valence electrons. The lowest BCUT2D eigenvalue weighted by Gasteiger charge is -2.39. The first kappa shape index (κ1) is 28.3. The fourth-order valence-electron chi connectivity index (χ4n) is 6.68. The van der Waals surface area contributed by atoms with Gasteiger partial charge in [-0.2, -0.15) is 0 Å². The number of halogens is 1. The predicted molar refractivity (Wildman–Crippen MR) is 148 cm³/mol. The Morgan fingerprint density at radius 1 is 1.23 bits per heavy atom. The molecule has 1 spiro atoms. The fourth-order valence-corrected chi connectivity index (χ4v) is 9.22. The van der Waals surface area contributed by atoms with Crippen LogP contribution in [-0.4, -0.2) is 57.3 Å². The molecule has 40 heavy (non-hydrogen) atoms. The van der Waals surface area contributed by atoms with E-state index in [2.05, 4.69) is 0 Å². The minimum Gasteiger partial charge on any atom is -0.497 e. The molecule has 2 fully saturated rings. The van der Waals surface area contributed by atoms with Crippen molar-refractivity contribution in [1.29, 1.82) is 0 Å². The highest BCUT2D eigenvalue weighted by molar-refractivity contribution is 6.72. The van der Waals surface area contributed by atoms with Gasteiger partial charge in [-0.25, -0.2) is 0 Å². The number of aliphatic hydroxyl groups excluding tert-OH is 1. The lowest BCUT2D eigenvalue weighted by atomic mass is 9.82. The van der Waals surface area contributed by atoms with E-state index in [0.29, 0.717) is 22.7 Å². The zero-order chi connectivity index (χ0) is 29.0. The molecule has 0 aliphatic carbocycles. The number of fused-ring (bicyclic) bond motifs is 2. The van der Waals surface area contributed by atoms with E-state index < -0.39 is 43.8 Å². The molecule has 5 atom stereocenters. The SMILES string of the molecule is COc1ccc2c(c1)[C@]1(O[C@@H](CCO)[C@H]([Si](C)(C)F)[C@H]1C)C(=O)N2Cc1cccc(N2C(=O)CC2OC(C)=O)c1. The van der Waals surface area contributed by atoms with Crippen molar-refractivity contribution in [2.75, 3.05) is 23.5 Å². The number of methoxy groups -OCH3 is 1. The third-order valence-electron chi connectivity index (χ3n) is 8.32. The minimum atomic E-state index is -3.30. The topological polar surface area (TPSA) is 106 Å². The van der Waals surface area contributed by atoms with E-state index in [1.807, 2.05) is 19.1 Å². The summed E-state index contributed by atoms with van der Waals surface area (Å²) in [5.41, 5.74) is 0.660. The number of hydrogen-bond donors (Lipinski definition) is 1. The molecule has 2 aromatic carbocycles. The molecule has 3 aliphatic heterocycles. The van der Waals surface area contributed by atoms with Crippen molar-refractivity contribution in [2.24, 2.45) is 5.92 Å². The molecule has 2 saturated heterocycles. The minimum absolute atomic E-state index is 0.117. The highest BCUT2D eigenvalue weighted by Gasteiger charge is 2.66. The summed E-state index contributed by atoms with van der Waals surface area (Å²) in [6.07, 6.45) is -0.912. The van der Waals surface area contributed by atoms with Crippen molar-refractivity contribution in [1.82, 2.24) is 0 Å². The van der Waals surface area contributed by atoms with Crippen LogP contribution in [-0.2, 0) is 36.0 Å². The van der Waals surface area contributed by atoms with Gasteiger partial charge < -0.3 is 28.3 Å². The van der Waals surface area contributed by atoms with Gasteiger partial charge in [0.25, 0.3) is 5.91 Å². The molecule has 2 amide bonds.